The fraction of sp³-hybridized carbons (Fsp3) is 0.316. The number of hydrogen-bond donors (Lipinski definition) is 0. The van der Waals surface area contributed by atoms with Crippen molar-refractivity contribution in [1.29, 1.82) is 0 Å². The minimum absolute atomic E-state index is 0.0889. The van der Waals surface area contributed by atoms with Gasteiger partial charge in [-0.25, -0.2) is 5.01 Å². The van der Waals surface area contributed by atoms with Crippen LogP contribution in [0.3, 0.4) is 0 Å². The van der Waals surface area contributed by atoms with Gasteiger partial charge in [-0.2, -0.15) is 5.10 Å². The first-order chi connectivity index (χ1) is 11.9. The van der Waals surface area contributed by atoms with E-state index < -0.39 is 0 Å². The van der Waals surface area contributed by atoms with Gasteiger partial charge >= 0.3 is 0 Å². The van der Waals surface area contributed by atoms with E-state index in [1.807, 2.05) is 18.2 Å². The molecule has 130 valence electrons. The van der Waals surface area contributed by atoms with E-state index in [1.165, 1.54) is 0 Å². The Morgan fingerprint density at radius 1 is 1.20 bits per heavy atom. The molecule has 3 nitrogen and oxygen atoms in total. The van der Waals surface area contributed by atoms with Crippen LogP contribution in [0.5, 0.6) is 5.75 Å². The van der Waals surface area contributed by atoms with E-state index in [0.717, 1.165) is 33.5 Å². The van der Waals surface area contributed by atoms with Crippen molar-refractivity contribution in [2.75, 3.05) is 0 Å². The highest BCUT2D eigenvalue weighted by Crippen LogP contribution is 2.48. The summed E-state index contributed by atoms with van der Waals surface area (Å²) in [6.07, 6.45) is 0.654. The van der Waals surface area contributed by atoms with Crippen molar-refractivity contribution in [3.8, 4) is 5.75 Å². The smallest absolute Gasteiger partial charge is 0.190 e. The van der Waals surface area contributed by atoms with Gasteiger partial charge in [0.15, 0.2) is 6.23 Å². The van der Waals surface area contributed by atoms with E-state index in [-0.39, 0.29) is 18.2 Å². The van der Waals surface area contributed by atoms with Gasteiger partial charge in [-0.05, 0) is 29.8 Å². The number of hydrogen-bond acceptors (Lipinski definition) is 3. The first-order valence-electron chi connectivity index (χ1n) is 8.21. The Hall–Kier alpha value is -1.23. The number of rotatable bonds is 2. The van der Waals surface area contributed by atoms with Gasteiger partial charge in [-0.3, -0.25) is 0 Å². The molecule has 6 heteroatoms. The van der Waals surface area contributed by atoms with Crippen molar-refractivity contribution >= 4 is 44.8 Å². The molecular formula is C19H17BrCl2N2O. The van der Waals surface area contributed by atoms with Crippen LogP contribution in [0.4, 0.5) is 0 Å². The summed E-state index contributed by atoms with van der Waals surface area (Å²) in [5.74, 6) is 1.01. The molecule has 0 fully saturated rings. The number of benzene rings is 2. The molecule has 4 rings (SSSR count). The first kappa shape index (κ1) is 17.2. The van der Waals surface area contributed by atoms with Crippen LogP contribution in [-0.2, 0) is 0 Å². The predicted octanol–water partition coefficient (Wildman–Crippen LogP) is 6.28. The summed E-state index contributed by atoms with van der Waals surface area (Å²) in [6.45, 7) is 4.26. The Morgan fingerprint density at radius 3 is 2.60 bits per heavy atom. The number of nitrogens with zero attached hydrogens (tertiary/aromatic N) is 2. The second kappa shape index (κ2) is 6.49. The SMILES string of the molecule is CC(C)[C@@H]1Oc2c(Cl)cc(Cl)cc2[C@@H]2CC(c3ccc(Br)cc3)=NN21. The molecule has 2 aromatic carbocycles. The van der Waals surface area contributed by atoms with Gasteiger partial charge in [0.05, 0.1) is 16.8 Å². The molecular weight excluding hydrogens is 423 g/mol. The highest BCUT2D eigenvalue weighted by Gasteiger charge is 2.42. The zero-order valence-electron chi connectivity index (χ0n) is 13.8. The number of hydrazone groups is 1. The molecule has 0 saturated heterocycles. The van der Waals surface area contributed by atoms with Crippen molar-refractivity contribution in [1.82, 2.24) is 5.01 Å². The van der Waals surface area contributed by atoms with Gasteiger partial charge in [-0.1, -0.05) is 65.1 Å². The summed E-state index contributed by atoms with van der Waals surface area (Å²) < 4.78 is 7.27. The summed E-state index contributed by atoms with van der Waals surface area (Å²) in [4.78, 5) is 0. The summed E-state index contributed by atoms with van der Waals surface area (Å²) in [6, 6.07) is 12.0. The molecule has 2 aromatic rings. The lowest BCUT2D eigenvalue weighted by Gasteiger charge is -2.40. The number of ether oxygens (including phenoxy) is 1. The minimum atomic E-state index is -0.149. The Kier molecular flexibility index (Phi) is 4.47. The summed E-state index contributed by atoms with van der Waals surface area (Å²) in [5.41, 5.74) is 3.18. The molecule has 0 spiro atoms. The van der Waals surface area contributed by atoms with E-state index in [2.05, 4.69) is 46.9 Å². The fourth-order valence-corrected chi connectivity index (χ4v) is 4.22. The summed E-state index contributed by atoms with van der Waals surface area (Å²) in [5, 5.41) is 8.14. The molecule has 2 aliphatic heterocycles. The third-order valence-corrected chi connectivity index (χ3v) is 5.61. The lowest BCUT2D eigenvalue weighted by atomic mass is 9.95. The van der Waals surface area contributed by atoms with E-state index in [9.17, 15) is 0 Å². The predicted molar refractivity (Wildman–Crippen MR) is 106 cm³/mol. The van der Waals surface area contributed by atoms with Crippen molar-refractivity contribution in [3.05, 3.63) is 62.0 Å². The second-order valence-corrected chi connectivity index (χ2v) is 8.47. The zero-order valence-corrected chi connectivity index (χ0v) is 16.9. The quantitative estimate of drug-likeness (QED) is 0.549. The van der Waals surface area contributed by atoms with Gasteiger partial charge in [0.1, 0.15) is 5.75 Å². The molecule has 2 atom stereocenters. The molecule has 0 unspecified atom stereocenters. The zero-order chi connectivity index (χ0) is 17.7. The fourth-order valence-electron chi connectivity index (χ4n) is 3.40. The van der Waals surface area contributed by atoms with E-state index >= 15 is 0 Å². The molecule has 2 aliphatic rings. The van der Waals surface area contributed by atoms with E-state index in [4.69, 9.17) is 33.0 Å². The van der Waals surface area contributed by atoms with Crippen LogP contribution in [-0.4, -0.2) is 16.9 Å². The van der Waals surface area contributed by atoms with Crippen LogP contribution >= 0.6 is 39.1 Å². The molecule has 2 heterocycles. The van der Waals surface area contributed by atoms with Gasteiger partial charge in [0.2, 0.25) is 0 Å². The topological polar surface area (TPSA) is 24.8 Å². The second-order valence-electron chi connectivity index (χ2n) is 6.71. The maximum Gasteiger partial charge on any atom is 0.190 e. The molecule has 25 heavy (non-hydrogen) atoms. The molecule has 0 aliphatic carbocycles. The molecule has 0 radical (unpaired) electrons. The highest BCUT2D eigenvalue weighted by atomic mass is 79.9. The Morgan fingerprint density at radius 2 is 1.92 bits per heavy atom. The van der Waals surface area contributed by atoms with Crippen molar-refractivity contribution < 1.29 is 4.74 Å². The Balaban J connectivity index is 1.78. The van der Waals surface area contributed by atoms with Crippen molar-refractivity contribution in [3.63, 3.8) is 0 Å². The van der Waals surface area contributed by atoms with E-state index in [1.54, 1.807) is 6.07 Å². The Bertz CT molecular complexity index is 851. The van der Waals surface area contributed by atoms with Gasteiger partial charge in [0.25, 0.3) is 0 Å². The van der Waals surface area contributed by atoms with Gasteiger partial charge in [-0.15, -0.1) is 0 Å². The Labute approximate surface area is 165 Å². The van der Waals surface area contributed by atoms with E-state index in [0.29, 0.717) is 10.0 Å². The largest absolute Gasteiger partial charge is 0.467 e. The summed E-state index contributed by atoms with van der Waals surface area (Å²) in [7, 11) is 0. The molecule has 0 N–H and O–H groups in total. The van der Waals surface area contributed by atoms with Crippen LogP contribution in [0.2, 0.25) is 10.0 Å². The van der Waals surface area contributed by atoms with Crippen LogP contribution < -0.4 is 4.74 Å². The molecule has 0 saturated carbocycles. The van der Waals surface area contributed by atoms with Crippen LogP contribution in [0.15, 0.2) is 46.0 Å². The standard InChI is InChI=1S/C19H17BrCl2N2O/c1-10(2)19-24-17(14-7-13(21)8-15(22)18(14)25-19)9-16(23-24)11-3-5-12(20)6-4-11/h3-8,10,17,19H,9H2,1-2H3/t17-,19-/m0/s1. The third kappa shape index (κ3) is 3.05. The normalized spacial score (nSPS) is 21.7. The lowest BCUT2D eigenvalue weighted by Crippen LogP contribution is -2.43. The van der Waals surface area contributed by atoms with Crippen molar-refractivity contribution in [2.45, 2.75) is 32.5 Å². The average molecular weight is 440 g/mol. The van der Waals surface area contributed by atoms with Crippen molar-refractivity contribution in [2.24, 2.45) is 11.0 Å². The molecule has 0 aromatic heterocycles. The lowest BCUT2D eigenvalue weighted by molar-refractivity contribution is -0.0460. The number of fused-ring (bicyclic) bond motifs is 3. The van der Waals surface area contributed by atoms with Crippen LogP contribution in [0.1, 0.15) is 37.4 Å². The molecule has 0 bridgehead atoms. The molecule has 0 amide bonds. The maximum atomic E-state index is 6.41. The maximum absolute atomic E-state index is 6.41. The van der Waals surface area contributed by atoms with Crippen LogP contribution in [0.25, 0.3) is 0 Å². The summed E-state index contributed by atoms with van der Waals surface area (Å²) >= 11 is 16.1. The van der Waals surface area contributed by atoms with Gasteiger partial charge in [0, 0.05) is 27.4 Å². The van der Waals surface area contributed by atoms with Gasteiger partial charge < -0.3 is 4.74 Å². The monoisotopic (exact) mass is 438 g/mol. The first-order valence-corrected chi connectivity index (χ1v) is 9.76. The highest BCUT2D eigenvalue weighted by molar-refractivity contribution is 9.10. The van der Waals surface area contributed by atoms with Crippen LogP contribution in [0, 0.1) is 5.92 Å². The number of halogens is 3. The third-order valence-electron chi connectivity index (χ3n) is 4.59. The average Bonchev–Trinajstić information content (AvgIpc) is 3.00. The minimum Gasteiger partial charge on any atom is -0.467 e.